The largest absolute Gasteiger partial charge is 0.493 e. The highest BCUT2D eigenvalue weighted by molar-refractivity contribution is 6.35. The normalized spacial score (nSPS) is 10.8. The molecule has 0 bridgehead atoms. The predicted octanol–water partition coefficient (Wildman–Crippen LogP) is 4.52. The lowest BCUT2D eigenvalue weighted by Gasteiger charge is -2.07. The highest BCUT2D eigenvalue weighted by Gasteiger charge is 2.04. The molecule has 2 aromatic carbocycles. The van der Waals surface area contributed by atoms with Crippen molar-refractivity contribution in [2.75, 3.05) is 6.61 Å². The van der Waals surface area contributed by atoms with Crippen molar-refractivity contribution in [3.63, 3.8) is 0 Å². The summed E-state index contributed by atoms with van der Waals surface area (Å²) in [6, 6.07) is 13.1. The van der Waals surface area contributed by atoms with Gasteiger partial charge in [0.15, 0.2) is 0 Å². The maximum absolute atomic E-state index is 6.10. The number of hydrazone groups is 1. The van der Waals surface area contributed by atoms with Crippen molar-refractivity contribution < 1.29 is 4.74 Å². The zero-order chi connectivity index (χ0) is 15.1. The van der Waals surface area contributed by atoms with E-state index in [-0.39, 0.29) is 0 Å². The number of hydrogen-bond acceptors (Lipinski definition) is 3. The first-order valence-electron chi connectivity index (χ1n) is 6.63. The molecule has 5 heteroatoms. The van der Waals surface area contributed by atoms with Crippen molar-refractivity contribution in [1.82, 2.24) is 5.43 Å². The summed E-state index contributed by atoms with van der Waals surface area (Å²) in [6.45, 7) is 3.03. The number of nitrogens with one attached hydrogen (secondary N) is 1. The van der Waals surface area contributed by atoms with E-state index >= 15 is 0 Å². The third-order valence-electron chi connectivity index (χ3n) is 2.83. The van der Waals surface area contributed by atoms with Crippen LogP contribution in [0.15, 0.2) is 47.6 Å². The lowest BCUT2D eigenvalue weighted by molar-refractivity contribution is 0.340. The van der Waals surface area contributed by atoms with Crippen molar-refractivity contribution in [2.45, 2.75) is 13.5 Å². The molecule has 1 N–H and O–H groups in total. The number of hydrogen-bond donors (Lipinski definition) is 1. The first-order chi connectivity index (χ1) is 10.2. The van der Waals surface area contributed by atoms with Crippen LogP contribution in [0.4, 0.5) is 0 Å². The minimum Gasteiger partial charge on any atom is -0.493 e. The summed E-state index contributed by atoms with van der Waals surface area (Å²) in [6.07, 6.45) is 1.72. The van der Waals surface area contributed by atoms with Crippen LogP contribution in [0.1, 0.15) is 18.1 Å². The van der Waals surface area contributed by atoms with Gasteiger partial charge in [0.25, 0.3) is 0 Å². The van der Waals surface area contributed by atoms with Crippen molar-refractivity contribution in [3.8, 4) is 5.75 Å². The second-order valence-electron chi connectivity index (χ2n) is 4.26. The number of nitrogens with zero attached hydrogens (tertiary/aromatic N) is 1. The molecule has 0 fully saturated rings. The van der Waals surface area contributed by atoms with Gasteiger partial charge in [-0.05, 0) is 31.2 Å². The van der Waals surface area contributed by atoms with Gasteiger partial charge >= 0.3 is 0 Å². The summed E-state index contributed by atoms with van der Waals surface area (Å²) in [5, 5.41) is 5.44. The van der Waals surface area contributed by atoms with E-state index in [1.807, 2.05) is 37.3 Å². The Morgan fingerprint density at radius 3 is 2.52 bits per heavy atom. The standard InChI is InChI=1S/C16H16Cl2N2O/c1-2-21-16-9-4-3-6-12(16)10-19-20-11-13-14(17)7-5-8-15(13)18/h3-10,20H,2,11H2,1H3/b19-10+. The summed E-state index contributed by atoms with van der Waals surface area (Å²) < 4.78 is 5.53. The molecule has 0 saturated heterocycles. The van der Waals surface area contributed by atoms with Crippen LogP contribution in [0.5, 0.6) is 5.75 Å². The maximum Gasteiger partial charge on any atom is 0.128 e. The van der Waals surface area contributed by atoms with Crippen LogP contribution in [0.2, 0.25) is 10.0 Å². The van der Waals surface area contributed by atoms with E-state index in [0.29, 0.717) is 23.2 Å². The highest BCUT2D eigenvalue weighted by atomic mass is 35.5. The fraction of sp³-hybridized carbons (Fsp3) is 0.188. The van der Waals surface area contributed by atoms with Crippen molar-refractivity contribution in [1.29, 1.82) is 0 Å². The maximum atomic E-state index is 6.10. The van der Waals surface area contributed by atoms with Gasteiger partial charge in [-0.3, -0.25) is 0 Å². The molecular formula is C16H16Cl2N2O. The predicted molar refractivity (Wildman–Crippen MR) is 88.5 cm³/mol. The number of halogens is 2. The summed E-state index contributed by atoms with van der Waals surface area (Å²) in [7, 11) is 0. The van der Waals surface area contributed by atoms with E-state index in [1.165, 1.54) is 0 Å². The molecule has 2 rings (SSSR count). The number of para-hydroxylation sites is 1. The Hall–Kier alpha value is -1.71. The zero-order valence-electron chi connectivity index (χ0n) is 11.6. The van der Waals surface area contributed by atoms with E-state index in [9.17, 15) is 0 Å². The van der Waals surface area contributed by atoms with Crippen molar-refractivity contribution in [3.05, 3.63) is 63.6 Å². The van der Waals surface area contributed by atoms with E-state index in [1.54, 1.807) is 18.3 Å². The lowest BCUT2D eigenvalue weighted by atomic mass is 10.2. The molecule has 0 atom stereocenters. The van der Waals surface area contributed by atoms with E-state index < -0.39 is 0 Å². The van der Waals surface area contributed by atoms with Gasteiger partial charge in [0.2, 0.25) is 0 Å². The fourth-order valence-electron chi connectivity index (χ4n) is 1.82. The van der Waals surface area contributed by atoms with Gasteiger partial charge in [0, 0.05) is 21.2 Å². The fourth-order valence-corrected chi connectivity index (χ4v) is 2.35. The molecule has 110 valence electrons. The molecule has 0 aliphatic rings. The van der Waals surface area contributed by atoms with Crippen LogP contribution >= 0.6 is 23.2 Å². The smallest absolute Gasteiger partial charge is 0.128 e. The number of benzene rings is 2. The van der Waals surface area contributed by atoms with Crippen LogP contribution in [0.3, 0.4) is 0 Å². The van der Waals surface area contributed by atoms with Crippen molar-refractivity contribution in [2.24, 2.45) is 5.10 Å². The van der Waals surface area contributed by atoms with Crippen LogP contribution in [0.25, 0.3) is 0 Å². The summed E-state index contributed by atoms with van der Waals surface area (Å²) in [4.78, 5) is 0. The molecule has 0 saturated carbocycles. The topological polar surface area (TPSA) is 33.6 Å². The second-order valence-corrected chi connectivity index (χ2v) is 5.08. The third kappa shape index (κ3) is 4.38. The molecule has 2 aromatic rings. The molecule has 0 radical (unpaired) electrons. The summed E-state index contributed by atoms with van der Waals surface area (Å²) in [5.74, 6) is 0.807. The molecule has 0 amide bonds. The first kappa shape index (κ1) is 15.7. The Morgan fingerprint density at radius 1 is 1.10 bits per heavy atom. The summed E-state index contributed by atoms with van der Waals surface area (Å²) in [5.41, 5.74) is 4.69. The van der Waals surface area contributed by atoms with Crippen LogP contribution < -0.4 is 10.2 Å². The quantitative estimate of drug-likeness (QED) is 0.626. The third-order valence-corrected chi connectivity index (χ3v) is 3.54. The van der Waals surface area contributed by atoms with Gasteiger partial charge in [0.05, 0.1) is 19.4 Å². The van der Waals surface area contributed by atoms with Gasteiger partial charge in [0.1, 0.15) is 5.75 Å². The van der Waals surface area contributed by atoms with E-state index in [4.69, 9.17) is 27.9 Å². The minimum atomic E-state index is 0.464. The van der Waals surface area contributed by atoms with Gasteiger partial charge < -0.3 is 10.2 Å². The van der Waals surface area contributed by atoms with E-state index in [0.717, 1.165) is 16.9 Å². The Morgan fingerprint density at radius 2 is 1.81 bits per heavy atom. The molecule has 0 aromatic heterocycles. The van der Waals surface area contributed by atoms with Crippen LogP contribution in [-0.4, -0.2) is 12.8 Å². The molecule has 0 aliphatic carbocycles. The van der Waals surface area contributed by atoms with Gasteiger partial charge in [-0.25, -0.2) is 0 Å². The second kappa shape index (κ2) is 7.91. The van der Waals surface area contributed by atoms with Gasteiger partial charge in [-0.2, -0.15) is 5.10 Å². The van der Waals surface area contributed by atoms with Gasteiger partial charge in [-0.15, -0.1) is 0 Å². The number of ether oxygens (including phenoxy) is 1. The molecular weight excluding hydrogens is 307 g/mol. The van der Waals surface area contributed by atoms with Crippen LogP contribution in [0, 0.1) is 0 Å². The first-order valence-corrected chi connectivity index (χ1v) is 7.38. The Bertz CT molecular complexity index is 609. The van der Waals surface area contributed by atoms with Crippen molar-refractivity contribution >= 4 is 29.4 Å². The van der Waals surface area contributed by atoms with Gasteiger partial charge in [-0.1, -0.05) is 41.4 Å². The molecule has 0 aliphatic heterocycles. The molecule has 3 nitrogen and oxygen atoms in total. The molecule has 0 spiro atoms. The Labute approximate surface area is 134 Å². The Balaban J connectivity index is 2.00. The summed E-state index contributed by atoms with van der Waals surface area (Å²) >= 11 is 12.2. The monoisotopic (exact) mass is 322 g/mol. The zero-order valence-corrected chi connectivity index (χ0v) is 13.2. The van der Waals surface area contributed by atoms with Crippen LogP contribution in [-0.2, 0) is 6.54 Å². The molecule has 0 heterocycles. The highest BCUT2D eigenvalue weighted by Crippen LogP contribution is 2.23. The minimum absolute atomic E-state index is 0.464. The lowest BCUT2D eigenvalue weighted by Crippen LogP contribution is -2.07. The van der Waals surface area contributed by atoms with E-state index in [2.05, 4.69) is 10.5 Å². The average molecular weight is 323 g/mol. The Kier molecular flexibility index (Phi) is 5.90. The SMILES string of the molecule is CCOc1ccccc1/C=N/NCc1c(Cl)cccc1Cl. The number of rotatable bonds is 6. The molecule has 0 unspecified atom stereocenters. The average Bonchev–Trinajstić information content (AvgIpc) is 2.48. The molecule has 21 heavy (non-hydrogen) atoms.